The number of anilines is 1. The highest BCUT2D eigenvalue weighted by molar-refractivity contribution is 6.08. The Kier molecular flexibility index (Phi) is 8.12. The lowest BCUT2D eigenvalue weighted by atomic mass is 9.96. The van der Waals surface area contributed by atoms with E-state index in [1.54, 1.807) is 31.6 Å². The average molecular weight is 685 g/mol. The first-order valence-corrected chi connectivity index (χ1v) is 15.4. The van der Waals surface area contributed by atoms with Gasteiger partial charge < -0.3 is 16.2 Å². The summed E-state index contributed by atoms with van der Waals surface area (Å²) in [5.74, 6) is 3.86. The molecule has 0 fully saturated rings. The molecule has 254 valence electrons. The van der Waals surface area contributed by atoms with Gasteiger partial charge >= 0.3 is 0 Å². The maximum absolute atomic E-state index is 14.4. The Morgan fingerprint density at radius 3 is 2.27 bits per heavy atom. The quantitative estimate of drug-likeness (QED) is 0.0843. The lowest BCUT2D eigenvalue weighted by molar-refractivity contribution is 0.0946. The number of methoxy groups -OCH3 is 1. The third-order valence-electron chi connectivity index (χ3n) is 8.56. The van der Waals surface area contributed by atoms with Gasteiger partial charge in [0.1, 0.15) is 22.6 Å². The summed E-state index contributed by atoms with van der Waals surface area (Å²) in [6.07, 6.45) is 3.50. The molecule has 8 aromatic rings. The van der Waals surface area contributed by atoms with Crippen LogP contribution < -0.4 is 27.5 Å². The fraction of sp³-hybridized carbons (Fsp3) is 0.0857. The van der Waals surface area contributed by atoms with Crippen LogP contribution in [-0.2, 0) is 0 Å². The molecule has 2 amide bonds. The SMILES string of the molecule is COc1cc(C)c(-c2ccc3cn[nH]c3c2)c2nnc(C(=O)NN)cc12.Cc1cc2cn[nH]c2cc1-c1ccc(F)c2c(N)c(C(N)=O)nnc12. The zero-order chi connectivity index (χ0) is 36.0. The largest absolute Gasteiger partial charge is 0.496 e. The Labute approximate surface area is 287 Å². The summed E-state index contributed by atoms with van der Waals surface area (Å²) in [5, 5.41) is 32.8. The molecular weight excluding hydrogens is 655 g/mol. The number of hydrazine groups is 1. The minimum Gasteiger partial charge on any atom is -0.496 e. The third kappa shape index (κ3) is 5.64. The minimum absolute atomic E-state index is 0.0328. The second kappa shape index (κ2) is 12.8. The van der Waals surface area contributed by atoms with Crippen LogP contribution in [0.2, 0.25) is 0 Å². The van der Waals surface area contributed by atoms with Crippen LogP contribution in [-0.4, -0.2) is 59.7 Å². The molecule has 0 aliphatic carbocycles. The number of halogens is 1. The number of aryl methyl sites for hydroxylation is 2. The van der Waals surface area contributed by atoms with Crippen molar-refractivity contribution in [1.29, 1.82) is 0 Å². The highest BCUT2D eigenvalue weighted by Crippen LogP contribution is 2.38. The topological polar surface area (TPSA) is 242 Å². The van der Waals surface area contributed by atoms with Gasteiger partial charge in [-0.15, -0.1) is 20.4 Å². The number of hydrogen-bond acceptors (Lipinski definition) is 11. The van der Waals surface area contributed by atoms with E-state index in [9.17, 15) is 14.0 Å². The maximum atomic E-state index is 14.4. The number of aromatic nitrogens is 8. The first-order valence-electron chi connectivity index (χ1n) is 15.4. The molecule has 0 saturated heterocycles. The monoisotopic (exact) mass is 684 g/mol. The van der Waals surface area contributed by atoms with Crippen LogP contribution in [0.3, 0.4) is 0 Å². The second-order valence-corrected chi connectivity index (χ2v) is 11.7. The summed E-state index contributed by atoms with van der Waals surface area (Å²) in [6.45, 7) is 3.92. The van der Waals surface area contributed by atoms with Crippen LogP contribution in [0.5, 0.6) is 5.75 Å². The van der Waals surface area contributed by atoms with Gasteiger partial charge in [0.05, 0.1) is 41.6 Å². The summed E-state index contributed by atoms with van der Waals surface area (Å²) < 4.78 is 19.9. The van der Waals surface area contributed by atoms with Gasteiger partial charge in [-0.25, -0.2) is 10.2 Å². The van der Waals surface area contributed by atoms with Gasteiger partial charge in [-0.05, 0) is 78.6 Å². The summed E-state index contributed by atoms with van der Waals surface area (Å²) in [5.41, 5.74) is 21.0. The van der Waals surface area contributed by atoms with E-state index in [-0.39, 0.29) is 28.0 Å². The molecule has 4 aromatic carbocycles. The lowest BCUT2D eigenvalue weighted by Gasteiger charge is -2.14. The number of aromatic amines is 2. The fourth-order valence-electron chi connectivity index (χ4n) is 6.10. The third-order valence-corrected chi connectivity index (χ3v) is 8.56. The number of nitrogens with zero attached hydrogens (tertiary/aromatic N) is 6. The number of H-pyrrole nitrogens is 2. The van der Waals surface area contributed by atoms with E-state index in [0.29, 0.717) is 22.2 Å². The molecule has 9 N–H and O–H groups in total. The average Bonchev–Trinajstić information content (AvgIpc) is 3.80. The van der Waals surface area contributed by atoms with Gasteiger partial charge in [0, 0.05) is 27.3 Å². The van der Waals surface area contributed by atoms with Crippen molar-refractivity contribution < 1.29 is 18.7 Å². The van der Waals surface area contributed by atoms with Crippen molar-refractivity contribution in [3.63, 3.8) is 0 Å². The smallest absolute Gasteiger partial charge is 0.285 e. The molecule has 0 aliphatic rings. The molecule has 4 heterocycles. The van der Waals surface area contributed by atoms with Crippen LogP contribution in [0.25, 0.3) is 65.9 Å². The normalized spacial score (nSPS) is 11.2. The molecule has 0 unspecified atom stereocenters. The first kappa shape index (κ1) is 32.5. The predicted molar refractivity (Wildman–Crippen MR) is 190 cm³/mol. The number of ether oxygens (including phenoxy) is 1. The van der Waals surface area contributed by atoms with Crippen molar-refractivity contribution in [2.45, 2.75) is 13.8 Å². The van der Waals surface area contributed by atoms with E-state index in [4.69, 9.17) is 22.0 Å². The van der Waals surface area contributed by atoms with Gasteiger partial charge in [0.2, 0.25) is 0 Å². The molecule has 0 spiro atoms. The molecule has 0 aliphatic heterocycles. The van der Waals surface area contributed by atoms with Gasteiger partial charge in [-0.2, -0.15) is 10.2 Å². The Morgan fingerprint density at radius 1 is 0.824 bits per heavy atom. The van der Waals surface area contributed by atoms with Gasteiger partial charge in [-0.1, -0.05) is 12.1 Å². The Bertz CT molecular complexity index is 2690. The zero-order valence-corrected chi connectivity index (χ0v) is 27.4. The van der Waals surface area contributed by atoms with Gasteiger partial charge in [-0.3, -0.25) is 25.2 Å². The molecule has 4 aromatic heterocycles. The lowest BCUT2D eigenvalue weighted by Crippen LogP contribution is -2.30. The van der Waals surface area contributed by atoms with E-state index in [1.165, 1.54) is 6.07 Å². The molecule has 15 nitrogen and oxygen atoms in total. The summed E-state index contributed by atoms with van der Waals surface area (Å²) in [6, 6.07) is 16.3. The molecule has 0 atom stereocenters. The van der Waals surface area contributed by atoms with Crippen molar-refractivity contribution in [2.75, 3.05) is 12.8 Å². The molecule has 16 heteroatoms. The van der Waals surface area contributed by atoms with E-state index in [0.717, 1.165) is 49.6 Å². The van der Waals surface area contributed by atoms with Crippen molar-refractivity contribution in [3.8, 4) is 28.0 Å². The highest BCUT2D eigenvalue weighted by atomic mass is 19.1. The number of amides is 2. The molecule has 8 rings (SSSR count). The number of carbonyl (C=O) groups excluding carboxylic acids is 2. The van der Waals surface area contributed by atoms with E-state index < -0.39 is 17.6 Å². The standard InChI is InChI=1S/C18H16N6O2.C17H13FN6O/c1-9-5-15(26-2)12-7-14(18(25)21-19)23-24-17(12)16(9)10-3-4-11-8-20-22-13(11)6-10;1-7-4-8-6-21-22-12(8)5-10(7)9-2-3-11(18)13-14(19)16(17(20)25)24-23-15(9)13/h3-8H,19H2,1-2H3,(H,20,22)(H,21,25);2-6H,1H3,(H2,19,23)(H2,20,25)(H,21,22). The van der Waals surface area contributed by atoms with Crippen LogP contribution >= 0.6 is 0 Å². The van der Waals surface area contributed by atoms with Crippen molar-refractivity contribution in [1.82, 2.24) is 46.2 Å². The van der Waals surface area contributed by atoms with E-state index >= 15 is 0 Å². The Morgan fingerprint density at radius 2 is 1.55 bits per heavy atom. The number of carbonyl (C=O) groups is 2. The molecule has 0 saturated carbocycles. The summed E-state index contributed by atoms with van der Waals surface area (Å²) in [7, 11) is 1.58. The van der Waals surface area contributed by atoms with Gasteiger partial charge in [0.15, 0.2) is 11.4 Å². The molecule has 0 bridgehead atoms. The Hall–Kier alpha value is -7.07. The molecule has 51 heavy (non-hydrogen) atoms. The van der Waals surface area contributed by atoms with Crippen molar-refractivity contribution in [3.05, 3.63) is 95.3 Å². The summed E-state index contributed by atoms with van der Waals surface area (Å²) >= 11 is 0. The van der Waals surface area contributed by atoms with E-state index in [1.807, 2.05) is 50.2 Å². The number of nitrogens with two attached hydrogens (primary N) is 3. The molecule has 0 radical (unpaired) electrons. The summed E-state index contributed by atoms with van der Waals surface area (Å²) in [4.78, 5) is 23.2. The molecular formula is C35H29FN12O3. The maximum Gasteiger partial charge on any atom is 0.285 e. The van der Waals surface area contributed by atoms with Crippen LogP contribution in [0.4, 0.5) is 10.1 Å². The van der Waals surface area contributed by atoms with Crippen LogP contribution in [0.1, 0.15) is 32.1 Å². The van der Waals surface area contributed by atoms with Crippen molar-refractivity contribution >= 4 is 61.1 Å². The zero-order valence-electron chi connectivity index (χ0n) is 27.4. The Balaban J connectivity index is 0.000000159. The number of nitrogens with one attached hydrogen (secondary N) is 3. The number of benzene rings is 4. The van der Waals surface area contributed by atoms with Crippen LogP contribution in [0, 0.1) is 19.7 Å². The highest BCUT2D eigenvalue weighted by Gasteiger charge is 2.20. The van der Waals surface area contributed by atoms with Crippen molar-refractivity contribution in [2.24, 2.45) is 11.6 Å². The van der Waals surface area contributed by atoms with E-state index in [2.05, 4.69) is 46.2 Å². The number of rotatable bonds is 5. The first-order chi connectivity index (χ1) is 24.6. The number of fused-ring (bicyclic) bond motifs is 4. The fourth-order valence-corrected chi connectivity index (χ4v) is 6.10. The second-order valence-electron chi connectivity index (χ2n) is 11.7. The number of primary amides is 1. The minimum atomic E-state index is -0.855. The van der Waals surface area contributed by atoms with Crippen LogP contribution in [0.15, 0.2) is 67.0 Å². The predicted octanol–water partition coefficient (Wildman–Crippen LogP) is 4.40. The number of hydrogen-bond donors (Lipinski definition) is 6. The van der Waals surface area contributed by atoms with Gasteiger partial charge in [0.25, 0.3) is 11.8 Å². The number of nitrogen functional groups attached to an aromatic ring is 2.